The average Bonchev–Trinajstić information content (AvgIpc) is 3.88. The Bertz CT molecular complexity index is 2600. The Hall–Kier alpha value is -4.11. The summed E-state index contributed by atoms with van der Waals surface area (Å²) in [6.45, 7) is 28.7. The molecule has 3 aliphatic rings. The first-order valence-electron chi connectivity index (χ1n) is 21.5. The van der Waals surface area contributed by atoms with Gasteiger partial charge in [0.2, 0.25) is 0 Å². The summed E-state index contributed by atoms with van der Waals surface area (Å²) in [5.41, 5.74) is 26.3. The molecule has 6 aromatic carbocycles. The monoisotopic (exact) mass is 939 g/mol. The van der Waals surface area contributed by atoms with Crippen molar-refractivity contribution in [2.45, 2.75) is 90.4 Å². The third-order valence-corrected chi connectivity index (χ3v) is 30.1. The number of fused-ring (bicyclic) bond motifs is 5. The molecule has 9 rings (SSSR count). The molecule has 2 atom stereocenters. The summed E-state index contributed by atoms with van der Waals surface area (Å²) in [4.78, 5) is 0. The van der Waals surface area contributed by atoms with E-state index in [2.05, 4.69) is 198 Å². The number of rotatable bonds is 5. The van der Waals surface area contributed by atoms with Gasteiger partial charge in [-0.2, -0.15) is 0 Å². The van der Waals surface area contributed by atoms with Crippen LogP contribution in [0.1, 0.15) is 105 Å². The first-order valence-corrected chi connectivity index (χ1v) is 28.8. The Morgan fingerprint density at radius 2 is 0.914 bits per heavy atom. The topological polar surface area (TPSA) is 0 Å². The van der Waals surface area contributed by atoms with Gasteiger partial charge in [0, 0.05) is 0 Å². The third kappa shape index (κ3) is 6.40. The summed E-state index contributed by atoms with van der Waals surface area (Å²) in [6, 6.07) is 41.2. The van der Waals surface area contributed by atoms with E-state index in [9.17, 15) is 0 Å². The molecule has 0 radical (unpaired) electrons. The fraction of sp³-hybridized carbons (Fsp3) is 0.286. The van der Waals surface area contributed by atoms with Gasteiger partial charge in [0.1, 0.15) is 0 Å². The Morgan fingerprint density at radius 1 is 0.466 bits per heavy atom. The molecule has 0 bridgehead atoms. The van der Waals surface area contributed by atoms with E-state index in [4.69, 9.17) is 0 Å². The van der Waals surface area contributed by atoms with Gasteiger partial charge in [0.15, 0.2) is 0 Å². The molecular weight excluding hydrogens is 879 g/mol. The van der Waals surface area contributed by atoms with Crippen molar-refractivity contribution >= 4 is 35.4 Å². The van der Waals surface area contributed by atoms with Crippen molar-refractivity contribution in [1.82, 2.24) is 0 Å². The fourth-order valence-corrected chi connectivity index (χ4v) is 31.9. The zero-order valence-electron chi connectivity index (χ0n) is 36.8. The van der Waals surface area contributed by atoms with Crippen LogP contribution in [0.3, 0.4) is 0 Å². The van der Waals surface area contributed by atoms with Gasteiger partial charge in [-0.25, -0.2) is 0 Å². The van der Waals surface area contributed by atoms with Gasteiger partial charge in [-0.05, 0) is 0 Å². The second-order valence-electron chi connectivity index (χ2n) is 19.8. The van der Waals surface area contributed by atoms with Crippen LogP contribution in [0.4, 0.5) is 0 Å². The molecule has 0 amide bonds. The summed E-state index contributed by atoms with van der Waals surface area (Å²) in [5.74, 6) is 0. The van der Waals surface area contributed by atoms with Crippen LogP contribution in [0.2, 0.25) is 0 Å². The number of hydrogen-bond acceptors (Lipinski definition) is 0. The summed E-state index contributed by atoms with van der Waals surface area (Å²) in [6.07, 6.45) is 5.39. The molecule has 0 N–H and O–H groups in total. The van der Waals surface area contributed by atoms with Crippen molar-refractivity contribution in [2.75, 3.05) is 0 Å². The molecule has 0 nitrogen and oxygen atoms in total. The van der Waals surface area contributed by atoms with Crippen molar-refractivity contribution in [3.05, 3.63) is 170 Å². The zero-order chi connectivity index (χ0) is 41.0. The molecule has 2 heteroatoms. The molecule has 58 heavy (non-hydrogen) atoms. The summed E-state index contributed by atoms with van der Waals surface area (Å²) in [7, 11) is -0.653. The van der Waals surface area contributed by atoms with E-state index in [1.807, 2.05) is 0 Å². The van der Waals surface area contributed by atoms with Gasteiger partial charge in [-0.15, -0.1) is 0 Å². The van der Waals surface area contributed by atoms with Crippen LogP contribution >= 0.6 is 0 Å². The Morgan fingerprint density at radius 3 is 1.41 bits per heavy atom. The number of aryl methyl sites for hydroxylation is 4. The summed E-state index contributed by atoms with van der Waals surface area (Å²) in [5, 5.41) is 3.37. The maximum atomic E-state index is 2.69. The van der Waals surface area contributed by atoms with Crippen molar-refractivity contribution in [2.24, 2.45) is 10.8 Å². The number of allylic oxidation sites excluding steroid dienone is 2. The predicted molar refractivity (Wildman–Crippen MR) is 252 cm³/mol. The van der Waals surface area contributed by atoms with Crippen LogP contribution in [0.15, 0.2) is 114 Å². The van der Waals surface area contributed by atoms with E-state index >= 15 is 0 Å². The van der Waals surface area contributed by atoms with Crippen molar-refractivity contribution < 1.29 is 21.4 Å². The molecule has 6 aromatic rings. The number of hydrogen-bond donors (Lipinski definition) is 0. The minimum absolute atomic E-state index is 0.0118. The second-order valence-corrected chi connectivity index (χ2v) is 31.0. The van der Waals surface area contributed by atoms with E-state index in [-0.39, 0.29) is 10.8 Å². The molecular formula is C56H59HfSi. The first-order chi connectivity index (χ1) is 27.5. The molecule has 0 spiro atoms. The van der Waals surface area contributed by atoms with Crippen molar-refractivity contribution in [3.8, 4) is 33.4 Å². The average molecular weight is 939 g/mol. The first kappa shape index (κ1) is 39.4. The fourth-order valence-electron chi connectivity index (χ4n) is 10.8. The molecule has 291 valence electrons. The zero-order valence-corrected chi connectivity index (χ0v) is 41.8. The van der Waals surface area contributed by atoms with Gasteiger partial charge in [-0.3, -0.25) is 0 Å². The molecule has 1 heterocycles. The van der Waals surface area contributed by atoms with E-state index in [1.165, 1.54) is 77.9 Å². The molecule has 0 saturated carbocycles. The van der Waals surface area contributed by atoms with E-state index < -0.39 is 31.0 Å². The Balaban J connectivity index is 1.36. The third-order valence-electron chi connectivity index (χ3n) is 13.8. The van der Waals surface area contributed by atoms with Gasteiger partial charge in [0.25, 0.3) is 0 Å². The second kappa shape index (κ2) is 14.3. The van der Waals surface area contributed by atoms with E-state index in [0.29, 0.717) is 7.35 Å². The molecule has 2 unspecified atom stereocenters. The van der Waals surface area contributed by atoms with Crippen LogP contribution < -0.4 is 13.7 Å². The maximum absolute atomic E-state index is 3.27. The summed E-state index contributed by atoms with van der Waals surface area (Å²) >= 11 is -3.27. The Kier molecular flexibility index (Phi) is 9.68. The van der Waals surface area contributed by atoms with Crippen LogP contribution in [0.25, 0.3) is 45.5 Å². The van der Waals surface area contributed by atoms with Crippen molar-refractivity contribution in [3.63, 3.8) is 0 Å². The van der Waals surface area contributed by atoms with Crippen LogP contribution in [0, 0.1) is 52.4 Å². The minimum atomic E-state index is -3.27. The van der Waals surface area contributed by atoms with Crippen molar-refractivity contribution in [1.29, 1.82) is 0 Å². The van der Waals surface area contributed by atoms with Gasteiger partial charge in [0.05, 0.1) is 0 Å². The quantitative estimate of drug-likeness (QED) is 0.151. The standard InChI is InChI=1S/2C22H25.C12H9Si.Hf/c2*1-14-10-15(2)16(3)20(11-14)19-9-7-8-17-12-18(13-21(17)19)22(4,5)6;1-3-7-11-9(5-1)10-6-2-4-8-12(10)13-11;/h2*7-13H,1-6H3;1-7H,13H2;. The normalized spacial score (nSPS) is 17.2. The molecule has 2 aliphatic carbocycles. The number of benzene rings is 6. The SMILES string of the molecule is Cc1cc(C)c(C)c(-c2cccc3c2C=C(C(C)(C)C)[CH]3[Hf]([c]2cccc3c2[SiH2]c2ccccc2-3)[CH]2C(C(C)(C)C)=Cc3c(-c4cc(C)cc(C)c4C)cccc32)c1. The molecule has 0 aromatic heterocycles. The van der Waals surface area contributed by atoms with Gasteiger partial charge >= 0.3 is 361 Å². The van der Waals surface area contributed by atoms with Crippen LogP contribution in [-0.4, -0.2) is 9.52 Å². The van der Waals surface area contributed by atoms with E-state index in [0.717, 1.165) is 0 Å². The summed E-state index contributed by atoms with van der Waals surface area (Å²) < 4.78 is 2.62. The van der Waals surface area contributed by atoms with Crippen LogP contribution in [-0.2, 0) is 21.4 Å². The van der Waals surface area contributed by atoms with Gasteiger partial charge in [-0.1, -0.05) is 0 Å². The Labute approximate surface area is 358 Å². The van der Waals surface area contributed by atoms with Crippen LogP contribution in [0.5, 0.6) is 0 Å². The molecule has 1 aliphatic heterocycles. The van der Waals surface area contributed by atoms with E-state index in [1.54, 1.807) is 36.0 Å². The molecule has 0 saturated heterocycles. The predicted octanol–water partition coefficient (Wildman–Crippen LogP) is 12.6. The molecule has 0 fully saturated rings. The van der Waals surface area contributed by atoms with Gasteiger partial charge < -0.3 is 0 Å².